The summed E-state index contributed by atoms with van der Waals surface area (Å²) in [5.41, 5.74) is -0.360. The fraction of sp³-hybridized carbons (Fsp3) is 0.857. The van der Waals surface area contributed by atoms with Crippen LogP contribution in [0.15, 0.2) is 0 Å². The van der Waals surface area contributed by atoms with Crippen molar-refractivity contribution in [3.8, 4) is 0 Å². The fourth-order valence-corrected chi connectivity index (χ4v) is 2.09. The van der Waals surface area contributed by atoms with Crippen LogP contribution in [0.25, 0.3) is 0 Å². The molecule has 110 valence electrons. The van der Waals surface area contributed by atoms with Gasteiger partial charge in [-0.05, 0) is 32.1 Å². The van der Waals surface area contributed by atoms with E-state index in [9.17, 15) is 9.59 Å². The first-order valence-corrected chi connectivity index (χ1v) is 7.11. The Kier molecular flexibility index (Phi) is 5.79. The average molecular weight is 270 g/mol. The molecule has 1 fully saturated rings. The van der Waals surface area contributed by atoms with Crippen molar-refractivity contribution in [1.82, 2.24) is 10.6 Å². The third-order valence-corrected chi connectivity index (χ3v) is 3.98. The lowest BCUT2D eigenvalue weighted by Crippen LogP contribution is -2.47. The smallest absolute Gasteiger partial charge is 0.223 e. The first kappa shape index (κ1) is 16.0. The van der Waals surface area contributed by atoms with E-state index in [2.05, 4.69) is 17.6 Å². The molecular formula is C14H26N2O3. The van der Waals surface area contributed by atoms with Crippen LogP contribution in [-0.2, 0) is 9.59 Å². The van der Waals surface area contributed by atoms with E-state index in [1.165, 1.54) is 0 Å². The van der Waals surface area contributed by atoms with E-state index in [0.717, 1.165) is 12.8 Å². The summed E-state index contributed by atoms with van der Waals surface area (Å²) in [6, 6.07) is 0. The number of amides is 2. The Morgan fingerprint density at radius 3 is 2.53 bits per heavy atom. The molecule has 3 N–H and O–H groups in total. The van der Waals surface area contributed by atoms with Crippen LogP contribution in [0.5, 0.6) is 0 Å². The molecule has 0 bridgehead atoms. The van der Waals surface area contributed by atoms with Crippen LogP contribution in [0.1, 0.15) is 46.5 Å². The molecule has 5 nitrogen and oxygen atoms in total. The predicted molar refractivity (Wildman–Crippen MR) is 73.4 cm³/mol. The molecule has 0 spiro atoms. The van der Waals surface area contributed by atoms with Crippen LogP contribution < -0.4 is 10.6 Å². The zero-order chi connectivity index (χ0) is 14.5. The van der Waals surface area contributed by atoms with E-state index < -0.39 is 0 Å². The maximum atomic E-state index is 11.8. The molecule has 5 heteroatoms. The van der Waals surface area contributed by atoms with Crippen molar-refractivity contribution in [1.29, 1.82) is 0 Å². The van der Waals surface area contributed by atoms with Gasteiger partial charge in [0.25, 0.3) is 0 Å². The lowest BCUT2D eigenvalue weighted by Gasteiger charge is -2.29. The van der Waals surface area contributed by atoms with Gasteiger partial charge in [0.1, 0.15) is 0 Å². The monoisotopic (exact) mass is 270 g/mol. The van der Waals surface area contributed by atoms with Crippen molar-refractivity contribution in [2.24, 2.45) is 11.8 Å². The molecule has 19 heavy (non-hydrogen) atoms. The number of hydrogen-bond acceptors (Lipinski definition) is 3. The van der Waals surface area contributed by atoms with Gasteiger partial charge in [0, 0.05) is 31.0 Å². The minimum Gasteiger partial charge on any atom is -0.396 e. The summed E-state index contributed by atoms with van der Waals surface area (Å²) in [6.45, 7) is 6.39. The molecule has 0 aromatic heterocycles. The first-order valence-electron chi connectivity index (χ1n) is 7.11. The molecule has 2 amide bonds. The van der Waals surface area contributed by atoms with Gasteiger partial charge in [-0.25, -0.2) is 0 Å². The minimum absolute atomic E-state index is 0.0565. The van der Waals surface area contributed by atoms with Crippen LogP contribution in [0.2, 0.25) is 0 Å². The predicted octanol–water partition coefficient (Wildman–Crippen LogP) is 0.816. The van der Waals surface area contributed by atoms with Crippen molar-refractivity contribution < 1.29 is 14.7 Å². The summed E-state index contributed by atoms with van der Waals surface area (Å²) >= 11 is 0. The van der Waals surface area contributed by atoms with Crippen LogP contribution in [0, 0.1) is 11.8 Å². The number of aliphatic hydroxyl groups excluding tert-OH is 1. The highest BCUT2D eigenvalue weighted by Gasteiger charge is 2.38. The number of nitrogens with one attached hydrogen (secondary N) is 2. The third kappa shape index (κ3) is 5.19. The van der Waals surface area contributed by atoms with Crippen molar-refractivity contribution >= 4 is 11.8 Å². The average Bonchev–Trinajstić information content (AvgIpc) is 3.06. The Morgan fingerprint density at radius 1 is 1.42 bits per heavy atom. The largest absolute Gasteiger partial charge is 0.396 e. The highest BCUT2D eigenvalue weighted by molar-refractivity contribution is 5.82. The molecule has 1 saturated carbocycles. The lowest BCUT2D eigenvalue weighted by molar-refractivity contribution is -0.124. The molecule has 0 heterocycles. The van der Waals surface area contributed by atoms with Gasteiger partial charge in [-0.1, -0.05) is 13.8 Å². The van der Waals surface area contributed by atoms with E-state index in [4.69, 9.17) is 5.11 Å². The molecule has 0 aromatic rings. The van der Waals surface area contributed by atoms with Crippen LogP contribution in [0.3, 0.4) is 0 Å². The van der Waals surface area contributed by atoms with Crippen molar-refractivity contribution in [2.75, 3.05) is 13.2 Å². The van der Waals surface area contributed by atoms with Crippen molar-refractivity contribution in [3.63, 3.8) is 0 Å². The Bertz CT molecular complexity index is 333. The van der Waals surface area contributed by atoms with Gasteiger partial charge in [0.15, 0.2) is 0 Å². The fourth-order valence-electron chi connectivity index (χ4n) is 2.09. The molecular weight excluding hydrogens is 244 g/mol. The summed E-state index contributed by atoms with van der Waals surface area (Å²) < 4.78 is 0. The van der Waals surface area contributed by atoms with Gasteiger partial charge in [-0.15, -0.1) is 0 Å². The molecule has 1 aliphatic rings. The topological polar surface area (TPSA) is 78.4 Å². The van der Waals surface area contributed by atoms with Gasteiger partial charge in [0.2, 0.25) is 11.8 Å². The quantitative estimate of drug-likeness (QED) is 0.611. The normalized spacial score (nSPS) is 24.4. The van der Waals surface area contributed by atoms with Crippen LogP contribution in [-0.4, -0.2) is 35.6 Å². The first-order chi connectivity index (χ1) is 8.91. The highest BCUT2D eigenvalue weighted by Crippen LogP contribution is 2.37. The minimum atomic E-state index is -0.360. The zero-order valence-corrected chi connectivity index (χ0v) is 12.2. The zero-order valence-electron chi connectivity index (χ0n) is 12.2. The van der Waals surface area contributed by atoms with E-state index in [1.807, 2.05) is 13.8 Å². The number of rotatable bonds is 8. The lowest BCUT2D eigenvalue weighted by atomic mass is 9.95. The highest BCUT2D eigenvalue weighted by atomic mass is 16.3. The van der Waals surface area contributed by atoms with Crippen molar-refractivity contribution in [3.05, 3.63) is 0 Å². The van der Waals surface area contributed by atoms with E-state index in [1.54, 1.807) is 0 Å². The second-order valence-corrected chi connectivity index (χ2v) is 5.80. The number of aliphatic hydroxyl groups is 1. The summed E-state index contributed by atoms with van der Waals surface area (Å²) in [5.74, 6) is 0.621. The van der Waals surface area contributed by atoms with Gasteiger partial charge < -0.3 is 15.7 Å². The maximum Gasteiger partial charge on any atom is 0.223 e. The standard InChI is InChI=1S/C14H26N2O3/c1-4-14(3,6-8-17)16-12(18)5-7-15-13(19)11-9-10(11)2/h10-11,17H,4-9H2,1-3H3,(H,15,19)(H,16,18). The second kappa shape index (κ2) is 6.89. The maximum absolute atomic E-state index is 11.8. The van der Waals surface area contributed by atoms with Gasteiger partial charge in [0.05, 0.1) is 0 Å². The molecule has 0 saturated heterocycles. The number of hydrogen-bond donors (Lipinski definition) is 3. The van der Waals surface area contributed by atoms with Crippen LogP contribution in [0.4, 0.5) is 0 Å². The molecule has 3 unspecified atom stereocenters. The summed E-state index contributed by atoms with van der Waals surface area (Å²) in [7, 11) is 0. The Balaban J connectivity index is 2.21. The Hall–Kier alpha value is -1.10. The molecule has 1 aliphatic carbocycles. The SMILES string of the molecule is CCC(C)(CCO)NC(=O)CCNC(=O)C1CC1C. The van der Waals surface area contributed by atoms with E-state index in [0.29, 0.717) is 18.9 Å². The molecule has 0 aromatic carbocycles. The Morgan fingerprint density at radius 2 is 2.05 bits per heavy atom. The van der Waals surface area contributed by atoms with Gasteiger partial charge in [-0.3, -0.25) is 9.59 Å². The molecule has 1 rings (SSSR count). The number of carbonyl (C=O) groups is 2. The van der Waals surface area contributed by atoms with E-state index in [-0.39, 0.29) is 36.3 Å². The number of carbonyl (C=O) groups excluding carboxylic acids is 2. The van der Waals surface area contributed by atoms with Gasteiger partial charge in [-0.2, -0.15) is 0 Å². The van der Waals surface area contributed by atoms with Crippen molar-refractivity contribution in [2.45, 2.75) is 52.0 Å². The second-order valence-electron chi connectivity index (χ2n) is 5.80. The third-order valence-electron chi connectivity index (χ3n) is 3.98. The summed E-state index contributed by atoms with van der Waals surface area (Å²) in [6.07, 6.45) is 2.56. The summed E-state index contributed by atoms with van der Waals surface area (Å²) in [5, 5.41) is 14.7. The molecule has 0 aliphatic heterocycles. The van der Waals surface area contributed by atoms with Gasteiger partial charge >= 0.3 is 0 Å². The molecule has 0 radical (unpaired) electrons. The van der Waals surface area contributed by atoms with Crippen LogP contribution >= 0.6 is 0 Å². The van der Waals surface area contributed by atoms with E-state index >= 15 is 0 Å². The summed E-state index contributed by atoms with van der Waals surface area (Å²) in [4.78, 5) is 23.3. The Labute approximate surface area is 115 Å². The molecule has 3 atom stereocenters.